The van der Waals surface area contributed by atoms with Crippen LogP contribution in [-0.4, -0.2) is 19.6 Å². The Bertz CT molecular complexity index is 777. The maximum absolute atomic E-state index is 10.1. The van der Waals surface area contributed by atoms with Gasteiger partial charge < -0.3 is 15.4 Å². The van der Waals surface area contributed by atoms with Crippen molar-refractivity contribution in [1.29, 1.82) is 0 Å². The molecule has 0 atom stereocenters. The second-order valence-corrected chi connectivity index (χ2v) is 5.04. The summed E-state index contributed by atoms with van der Waals surface area (Å²) < 4.78 is 2.09. The molecule has 3 rings (SSSR count). The molecule has 2 aromatic heterocycles. The van der Waals surface area contributed by atoms with Gasteiger partial charge in [0.2, 0.25) is 0 Å². The van der Waals surface area contributed by atoms with Crippen LogP contribution in [-0.2, 0) is 0 Å². The van der Waals surface area contributed by atoms with E-state index in [0.717, 1.165) is 16.9 Å². The molecular weight excluding hydrogens is 252 g/mol. The lowest BCUT2D eigenvalue weighted by atomic mass is 10.1. The average molecular weight is 268 g/mol. The Hall–Kier alpha value is -2.56. The molecule has 20 heavy (non-hydrogen) atoms. The molecule has 0 saturated carbocycles. The summed E-state index contributed by atoms with van der Waals surface area (Å²) in [6, 6.07) is 7.24. The number of phenols is 1. The molecule has 0 bridgehead atoms. The van der Waals surface area contributed by atoms with Crippen LogP contribution in [0.3, 0.4) is 0 Å². The van der Waals surface area contributed by atoms with Crippen molar-refractivity contribution in [3.05, 3.63) is 36.7 Å². The van der Waals surface area contributed by atoms with Crippen molar-refractivity contribution in [2.24, 2.45) is 0 Å². The van der Waals surface area contributed by atoms with Crippen LogP contribution in [0.2, 0.25) is 0 Å². The minimum absolute atomic E-state index is 0.134. The van der Waals surface area contributed by atoms with Gasteiger partial charge in [-0.15, -0.1) is 0 Å². The number of nitrogens with two attached hydrogens (primary N) is 1. The minimum atomic E-state index is 0.134. The van der Waals surface area contributed by atoms with Gasteiger partial charge in [-0.05, 0) is 32.0 Å². The quantitative estimate of drug-likeness (QED) is 0.700. The predicted octanol–water partition coefficient (Wildman–Crippen LogP) is 2.97. The molecule has 0 aliphatic heterocycles. The maximum atomic E-state index is 10.1. The van der Waals surface area contributed by atoms with Gasteiger partial charge in [-0.25, -0.2) is 4.98 Å². The molecule has 1 aromatic carbocycles. The first kappa shape index (κ1) is 12.5. The minimum Gasteiger partial charge on any atom is -0.507 e. The molecule has 0 aliphatic rings. The zero-order valence-corrected chi connectivity index (χ0v) is 11.4. The predicted molar refractivity (Wildman–Crippen MR) is 79.4 cm³/mol. The summed E-state index contributed by atoms with van der Waals surface area (Å²) in [6.07, 6.45) is 3.47. The van der Waals surface area contributed by atoms with Gasteiger partial charge >= 0.3 is 0 Å². The van der Waals surface area contributed by atoms with E-state index in [0.29, 0.717) is 11.3 Å². The molecule has 0 spiro atoms. The van der Waals surface area contributed by atoms with E-state index in [2.05, 4.69) is 28.4 Å². The number of imidazole rings is 1. The van der Waals surface area contributed by atoms with Crippen LogP contribution in [0.25, 0.3) is 22.4 Å². The standard InChI is InChI=1S/C15H16N4O/c1-9(2)19-13-5-6-17-8-12(13)18-15(19)11-4-3-10(16)7-14(11)20/h3-9,20H,16H2,1-2H3. The number of nitrogen functional groups attached to an aromatic ring is 1. The Morgan fingerprint density at radius 1 is 1.25 bits per heavy atom. The highest BCUT2D eigenvalue weighted by molar-refractivity contribution is 5.81. The smallest absolute Gasteiger partial charge is 0.145 e. The van der Waals surface area contributed by atoms with Crippen molar-refractivity contribution in [3.63, 3.8) is 0 Å². The second-order valence-electron chi connectivity index (χ2n) is 5.04. The third kappa shape index (κ3) is 1.87. The normalized spacial score (nSPS) is 11.3. The van der Waals surface area contributed by atoms with Gasteiger partial charge in [-0.1, -0.05) is 0 Å². The highest BCUT2D eigenvalue weighted by Crippen LogP contribution is 2.34. The zero-order valence-electron chi connectivity index (χ0n) is 11.4. The van der Waals surface area contributed by atoms with E-state index in [-0.39, 0.29) is 11.8 Å². The highest BCUT2D eigenvalue weighted by atomic mass is 16.3. The summed E-state index contributed by atoms with van der Waals surface area (Å²) in [6.45, 7) is 4.17. The van der Waals surface area contributed by atoms with E-state index in [1.165, 1.54) is 6.07 Å². The third-order valence-electron chi connectivity index (χ3n) is 3.27. The number of aromatic nitrogens is 3. The molecule has 3 N–H and O–H groups in total. The van der Waals surface area contributed by atoms with Crippen molar-refractivity contribution in [3.8, 4) is 17.1 Å². The van der Waals surface area contributed by atoms with E-state index in [1.54, 1.807) is 24.5 Å². The first-order chi connectivity index (χ1) is 9.58. The van der Waals surface area contributed by atoms with E-state index in [4.69, 9.17) is 5.73 Å². The van der Waals surface area contributed by atoms with Crippen molar-refractivity contribution < 1.29 is 5.11 Å². The van der Waals surface area contributed by atoms with Gasteiger partial charge in [-0.3, -0.25) is 4.98 Å². The number of hydrogen-bond donors (Lipinski definition) is 2. The van der Waals surface area contributed by atoms with Gasteiger partial charge in [0.15, 0.2) is 0 Å². The van der Waals surface area contributed by atoms with Gasteiger partial charge in [-0.2, -0.15) is 0 Å². The monoisotopic (exact) mass is 268 g/mol. The topological polar surface area (TPSA) is 77.0 Å². The summed E-state index contributed by atoms with van der Waals surface area (Å²) in [4.78, 5) is 8.69. The fourth-order valence-electron chi connectivity index (χ4n) is 2.40. The van der Waals surface area contributed by atoms with Gasteiger partial charge in [0.1, 0.15) is 17.1 Å². The molecule has 0 fully saturated rings. The van der Waals surface area contributed by atoms with Crippen LogP contribution < -0.4 is 5.73 Å². The number of hydrogen-bond acceptors (Lipinski definition) is 4. The van der Waals surface area contributed by atoms with Crippen molar-refractivity contribution in [2.75, 3.05) is 5.73 Å². The van der Waals surface area contributed by atoms with E-state index < -0.39 is 0 Å². The SMILES string of the molecule is CC(C)n1c(-c2ccc(N)cc2O)nc2cnccc21. The van der Waals surface area contributed by atoms with Crippen LogP contribution in [0, 0.1) is 0 Å². The number of benzene rings is 1. The van der Waals surface area contributed by atoms with Crippen molar-refractivity contribution in [1.82, 2.24) is 14.5 Å². The number of fused-ring (bicyclic) bond motifs is 1. The fourth-order valence-corrected chi connectivity index (χ4v) is 2.40. The number of anilines is 1. The first-order valence-electron chi connectivity index (χ1n) is 6.48. The van der Waals surface area contributed by atoms with Crippen LogP contribution in [0.1, 0.15) is 19.9 Å². The Morgan fingerprint density at radius 2 is 2.05 bits per heavy atom. The van der Waals surface area contributed by atoms with E-state index >= 15 is 0 Å². The molecule has 0 saturated heterocycles. The number of phenolic OH excluding ortho intramolecular Hbond substituents is 1. The molecule has 0 unspecified atom stereocenters. The lowest BCUT2D eigenvalue weighted by molar-refractivity contribution is 0.476. The highest BCUT2D eigenvalue weighted by Gasteiger charge is 2.17. The summed E-state index contributed by atoms with van der Waals surface area (Å²) >= 11 is 0. The summed E-state index contributed by atoms with van der Waals surface area (Å²) in [7, 11) is 0. The largest absolute Gasteiger partial charge is 0.507 e. The van der Waals surface area contributed by atoms with E-state index in [9.17, 15) is 5.11 Å². The average Bonchev–Trinajstić information content (AvgIpc) is 2.77. The summed E-state index contributed by atoms with van der Waals surface area (Å²) in [5.74, 6) is 0.857. The van der Waals surface area contributed by atoms with Crippen LogP contribution in [0.15, 0.2) is 36.7 Å². The summed E-state index contributed by atoms with van der Waals surface area (Å²) in [5, 5.41) is 10.1. The Morgan fingerprint density at radius 3 is 2.75 bits per heavy atom. The van der Waals surface area contributed by atoms with Crippen LogP contribution in [0.5, 0.6) is 5.75 Å². The zero-order chi connectivity index (χ0) is 14.3. The molecule has 102 valence electrons. The first-order valence-corrected chi connectivity index (χ1v) is 6.48. The number of aromatic hydroxyl groups is 1. The molecule has 2 heterocycles. The number of rotatable bonds is 2. The van der Waals surface area contributed by atoms with Crippen LogP contribution >= 0.6 is 0 Å². The van der Waals surface area contributed by atoms with Gasteiger partial charge in [0.05, 0.1) is 17.3 Å². The number of nitrogens with zero attached hydrogens (tertiary/aromatic N) is 3. The molecule has 0 radical (unpaired) electrons. The fraction of sp³-hybridized carbons (Fsp3) is 0.200. The molecule has 0 aliphatic carbocycles. The second kappa shape index (κ2) is 4.52. The van der Waals surface area contributed by atoms with Crippen molar-refractivity contribution in [2.45, 2.75) is 19.9 Å². The van der Waals surface area contributed by atoms with Crippen molar-refractivity contribution >= 4 is 16.7 Å². The molecule has 0 amide bonds. The van der Waals surface area contributed by atoms with Gasteiger partial charge in [0.25, 0.3) is 0 Å². The summed E-state index contributed by atoms with van der Waals surface area (Å²) in [5.41, 5.74) is 8.69. The lowest BCUT2D eigenvalue weighted by Crippen LogP contribution is -2.03. The maximum Gasteiger partial charge on any atom is 0.145 e. The van der Waals surface area contributed by atoms with Crippen LogP contribution in [0.4, 0.5) is 5.69 Å². The van der Waals surface area contributed by atoms with E-state index in [1.807, 2.05) is 6.07 Å². The Kier molecular flexibility index (Phi) is 2.82. The molecular formula is C15H16N4O. The third-order valence-corrected chi connectivity index (χ3v) is 3.27. The Labute approximate surface area is 116 Å². The molecule has 3 aromatic rings. The Balaban J connectivity index is 2.32. The number of pyridine rings is 1. The van der Waals surface area contributed by atoms with Gasteiger partial charge in [0, 0.05) is 24.0 Å². The molecule has 5 heteroatoms. The molecule has 5 nitrogen and oxygen atoms in total. The lowest BCUT2D eigenvalue weighted by Gasteiger charge is -2.14.